The zero-order valence-corrected chi connectivity index (χ0v) is 26.4. The third kappa shape index (κ3) is 10.7. The number of thiazole rings is 1. The number of hydrogen-bond donors (Lipinski definition) is 2. The van der Waals surface area contributed by atoms with E-state index < -0.39 is 35.9 Å². The number of aliphatic carboxylic acids is 1. The zero-order valence-electron chi connectivity index (χ0n) is 25.5. The quantitative estimate of drug-likeness (QED) is 0.177. The first-order chi connectivity index (χ1) is 19.9. The lowest BCUT2D eigenvalue weighted by molar-refractivity contribution is -0.148. The van der Waals surface area contributed by atoms with Crippen molar-refractivity contribution in [2.45, 2.75) is 84.9 Å². The Morgan fingerprint density at radius 3 is 2.36 bits per heavy atom. The minimum atomic E-state index is -0.930. The van der Waals surface area contributed by atoms with Gasteiger partial charge in [-0.2, -0.15) is 0 Å². The van der Waals surface area contributed by atoms with Crippen LogP contribution in [0.5, 0.6) is 0 Å². The highest BCUT2D eigenvalue weighted by molar-refractivity contribution is 7.09. The minimum absolute atomic E-state index is 0.0127. The van der Waals surface area contributed by atoms with Crippen LogP contribution >= 0.6 is 11.3 Å². The highest BCUT2D eigenvalue weighted by Crippen LogP contribution is 2.31. The number of carboxylic acid groups (broad SMARTS) is 1. The maximum Gasteiger partial charge on any atom is 0.306 e. The lowest BCUT2D eigenvalue weighted by atomic mass is 9.94. The van der Waals surface area contributed by atoms with Crippen molar-refractivity contribution in [3.63, 3.8) is 0 Å². The monoisotopic (exact) mass is 599 g/mol. The van der Waals surface area contributed by atoms with Crippen LogP contribution < -0.4 is 5.32 Å². The molecule has 2 rings (SSSR count). The molecule has 2 amide bonds. The number of amides is 2. The summed E-state index contributed by atoms with van der Waals surface area (Å²) in [6.07, 6.45) is 3.27. The number of rotatable bonds is 17. The molecule has 9 nitrogen and oxygen atoms in total. The van der Waals surface area contributed by atoms with Crippen molar-refractivity contribution in [3.05, 3.63) is 64.6 Å². The Morgan fingerprint density at radius 1 is 1.14 bits per heavy atom. The van der Waals surface area contributed by atoms with Gasteiger partial charge in [0.05, 0.1) is 5.92 Å². The first-order valence-corrected chi connectivity index (χ1v) is 15.3. The topological polar surface area (TPSA) is 126 Å². The Labute approximate surface area is 253 Å². The highest BCUT2D eigenvalue weighted by Gasteiger charge is 2.31. The summed E-state index contributed by atoms with van der Waals surface area (Å²) in [5.74, 6) is -2.35. The lowest BCUT2D eigenvalue weighted by Crippen LogP contribution is -2.42. The van der Waals surface area contributed by atoms with Gasteiger partial charge in [0.1, 0.15) is 10.7 Å². The Kier molecular flexibility index (Phi) is 13.9. The second-order valence-corrected chi connectivity index (χ2v) is 12.1. The van der Waals surface area contributed by atoms with Crippen molar-refractivity contribution >= 4 is 35.1 Å². The molecule has 42 heavy (non-hydrogen) atoms. The van der Waals surface area contributed by atoms with Crippen molar-refractivity contribution in [1.82, 2.24) is 15.2 Å². The molecule has 0 aliphatic carbocycles. The van der Waals surface area contributed by atoms with Gasteiger partial charge >= 0.3 is 11.9 Å². The van der Waals surface area contributed by atoms with Gasteiger partial charge in [0.15, 0.2) is 6.10 Å². The van der Waals surface area contributed by atoms with E-state index in [4.69, 9.17) is 4.74 Å². The van der Waals surface area contributed by atoms with Crippen LogP contribution in [0, 0.1) is 17.8 Å². The molecule has 1 aromatic carbocycles. The normalized spacial score (nSPS) is 14.7. The number of allylic oxidation sites excluding steroid dienone is 1. The van der Waals surface area contributed by atoms with Crippen LogP contribution in [-0.4, -0.2) is 57.9 Å². The second kappa shape index (κ2) is 16.8. The molecular weight excluding hydrogens is 554 g/mol. The van der Waals surface area contributed by atoms with Crippen LogP contribution in [0.1, 0.15) is 87.5 Å². The molecule has 0 fully saturated rings. The molecule has 2 aromatic rings. The van der Waals surface area contributed by atoms with Crippen LogP contribution in [-0.2, 0) is 25.5 Å². The molecule has 0 radical (unpaired) electrons. The minimum Gasteiger partial charge on any atom is -0.481 e. The summed E-state index contributed by atoms with van der Waals surface area (Å²) in [5.41, 5.74) is 1.14. The molecule has 0 spiro atoms. The van der Waals surface area contributed by atoms with Crippen molar-refractivity contribution < 1.29 is 29.0 Å². The summed E-state index contributed by atoms with van der Waals surface area (Å²) < 4.78 is 5.66. The average molecular weight is 600 g/mol. The Morgan fingerprint density at radius 2 is 1.81 bits per heavy atom. The predicted molar refractivity (Wildman–Crippen MR) is 164 cm³/mol. The maximum atomic E-state index is 13.3. The number of hydrogen-bond acceptors (Lipinski definition) is 7. The zero-order chi connectivity index (χ0) is 31.4. The fourth-order valence-electron chi connectivity index (χ4n) is 4.86. The molecular formula is C32H45N3O6S. The van der Waals surface area contributed by atoms with E-state index in [0.717, 1.165) is 12.0 Å². The molecule has 0 unspecified atom stereocenters. The van der Waals surface area contributed by atoms with Crippen molar-refractivity contribution in [1.29, 1.82) is 0 Å². The van der Waals surface area contributed by atoms with Gasteiger partial charge in [-0.1, -0.05) is 64.1 Å². The molecule has 1 aromatic heterocycles. The molecule has 0 aliphatic heterocycles. The van der Waals surface area contributed by atoms with Crippen LogP contribution in [0.4, 0.5) is 0 Å². The largest absolute Gasteiger partial charge is 0.481 e. The fourth-order valence-corrected chi connectivity index (χ4v) is 5.70. The number of esters is 1. The van der Waals surface area contributed by atoms with Gasteiger partial charge in [-0.15, -0.1) is 17.9 Å². The number of ether oxygens (including phenoxy) is 1. The third-order valence-corrected chi connectivity index (χ3v) is 8.41. The van der Waals surface area contributed by atoms with Crippen molar-refractivity contribution in [2.75, 3.05) is 7.05 Å². The molecule has 0 bridgehead atoms. The number of carbonyl (C=O) groups is 4. The molecule has 2 N–H and O–H groups in total. The van der Waals surface area contributed by atoms with E-state index in [1.165, 1.54) is 18.3 Å². The van der Waals surface area contributed by atoms with Gasteiger partial charge in [-0.05, 0) is 36.7 Å². The highest BCUT2D eigenvalue weighted by atomic mass is 32.1. The number of nitrogens with one attached hydrogen (secondary N) is 1. The average Bonchev–Trinajstić information content (AvgIpc) is 3.44. The molecule has 1 heterocycles. The second-order valence-electron chi connectivity index (χ2n) is 11.2. The Balaban J connectivity index is 2.25. The number of aromatic nitrogens is 1. The first kappa shape index (κ1) is 34.7. The summed E-state index contributed by atoms with van der Waals surface area (Å²) in [7, 11) is 1.76. The van der Waals surface area contributed by atoms with E-state index in [2.05, 4.69) is 16.9 Å². The molecule has 5 atom stereocenters. The standard InChI is InChI=1S/C32H45N3O6S/c1-8-23(9-2)17-29(37)35(7)27(20(3)4)18-28(41-22(6)36)31-34-26(19-42-31)30(38)33-25(15-21(5)32(39)40)16-24-13-11-10-12-14-24/h8,10-14,19-21,23,25,27-28H,1,9,15-18H2,2-7H3,(H,33,38)(H,39,40)/t21-,23-,25+,27+,28+/m0/s1. The van der Waals surface area contributed by atoms with Crippen LogP contribution in [0.2, 0.25) is 0 Å². The van der Waals surface area contributed by atoms with Crippen LogP contribution in [0.25, 0.3) is 0 Å². The molecule has 0 aliphatic rings. The van der Waals surface area contributed by atoms with Gasteiger partial charge in [-0.25, -0.2) is 4.98 Å². The van der Waals surface area contributed by atoms with E-state index in [1.54, 1.807) is 30.3 Å². The smallest absolute Gasteiger partial charge is 0.306 e. The van der Waals surface area contributed by atoms with Crippen molar-refractivity contribution in [2.24, 2.45) is 17.8 Å². The predicted octanol–water partition coefficient (Wildman–Crippen LogP) is 5.67. The Hall–Kier alpha value is -3.53. The van der Waals surface area contributed by atoms with E-state index in [-0.39, 0.29) is 35.9 Å². The first-order valence-electron chi connectivity index (χ1n) is 14.4. The Bertz CT molecular complexity index is 1200. The third-order valence-electron chi connectivity index (χ3n) is 7.47. The van der Waals surface area contributed by atoms with Gasteiger partial charge in [-0.3, -0.25) is 19.2 Å². The van der Waals surface area contributed by atoms with E-state index in [0.29, 0.717) is 24.3 Å². The van der Waals surface area contributed by atoms with E-state index >= 15 is 0 Å². The van der Waals surface area contributed by atoms with Gasteiger partial charge in [0, 0.05) is 44.3 Å². The summed E-state index contributed by atoms with van der Waals surface area (Å²) >= 11 is 1.21. The van der Waals surface area contributed by atoms with Crippen LogP contribution in [0.3, 0.4) is 0 Å². The summed E-state index contributed by atoms with van der Waals surface area (Å²) in [5, 5.41) is 14.5. The van der Waals surface area contributed by atoms with Gasteiger partial charge in [0.2, 0.25) is 5.91 Å². The SMILES string of the molecule is C=C[C@@H](CC)CC(=O)N(C)[C@H](C[C@@H](OC(C)=O)c1nc(C(=O)N[C@@H](Cc2ccccc2)C[C@H](C)C(=O)O)cs1)C(C)C. The molecule has 10 heteroatoms. The number of carboxylic acids is 1. The summed E-state index contributed by atoms with van der Waals surface area (Å²) in [6, 6.07) is 8.89. The van der Waals surface area contributed by atoms with E-state index in [1.807, 2.05) is 51.1 Å². The number of carbonyl (C=O) groups excluding carboxylic acids is 3. The fraction of sp³-hybridized carbons (Fsp3) is 0.531. The van der Waals surface area contributed by atoms with Gasteiger partial charge < -0.3 is 20.1 Å². The number of benzene rings is 1. The number of nitrogens with zero attached hydrogens (tertiary/aromatic N) is 2. The van der Waals surface area contributed by atoms with Crippen molar-refractivity contribution in [3.8, 4) is 0 Å². The molecule has 230 valence electrons. The molecule has 0 saturated carbocycles. The van der Waals surface area contributed by atoms with E-state index in [9.17, 15) is 24.3 Å². The van der Waals surface area contributed by atoms with Gasteiger partial charge in [0.25, 0.3) is 5.91 Å². The molecule has 0 saturated heterocycles. The lowest BCUT2D eigenvalue weighted by Gasteiger charge is -2.34. The summed E-state index contributed by atoms with van der Waals surface area (Å²) in [6.45, 7) is 12.8. The maximum absolute atomic E-state index is 13.3. The van der Waals surface area contributed by atoms with Crippen LogP contribution in [0.15, 0.2) is 48.4 Å². The summed E-state index contributed by atoms with van der Waals surface area (Å²) in [4.78, 5) is 56.2.